The number of hydrogen-bond acceptors (Lipinski definition) is 1. The fraction of sp³-hybridized carbons (Fsp3) is 1.00. The zero-order valence-electron chi connectivity index (χ0n) is 8.47. The van der Waals surface area contributed by atoms with Gasteiger partial charge in [0.15, 0.2) is 0 Å². The quantitative estimate of drug-likeness (QED) is 0.446. The van der Waals surface area contributed by atoms with Crippen molar-refractivity contribution in [1.82, 2.24) is 0 Å². The van der Waals surface area contributed by atoms with Crippen LogP contribution in [0.15, 0.2) is 0 Å². The molecule has 1 atom stereocenters. The van der Waals surface area contributed by atoms with Gasteiger partial charge in [0.05, 0.1) is 27.2 Å². The summed E-state index contributed by atoms with van der Waals surface area (Å²) in [5.74, 6) is 2.44. The van der Waals surface area contributed by atoms with Crippen molar-refractivity contribution in [1.29, 1.82) is 0 Å². The Morgan fingerprint density at radius 2 is 1.75 bits per heavy atom. The van der Waals surface area contributed by atoms with Crippen molar-refractivity contribution in [3.63, 3.8) is 0 Å². The van der Waals surface area contributed by atoms with E-state index in [2.05, 4.69) is 32.8 Å². The van der Waals surface area contributed by atoms with E-state index in [9.17, 15) is 0 Å². The minimum absolute atomic E-state index is 0.695. The van der Waals surface area contributed by atoms with Crippen molar-refractivity contribution < 1.29 is 4.48 Å². The van der Waals surface area contributed by atoms with Gasteiger partial charge in [-0.1, -0.05) is 0 Å². The normalized spacial score (nSPS) is 41.2. The van der Waals surface area contributed by atoms with Crippen LogP contribution in [0.25, 0.3) is 0 Å². The lowest BCUT2D eigenvalue weighted by atomic mass is 9.86. The van der Waals surface area contributed by atoms with Crippen molar-refractivity contribution in [2.24, 2.45) is 5.92 Å². The highest BCUT2D eigenvalue weighted by Crippen LogP contribution is 2.53. The Balaban J connectivity index is 1.90. The lowest BCUT2D eigenvalue weighted by Crippen LogP contribution is -2.48. The van der Waals surface area contributed by atoms with E-state index in [0.717, 1.165) is 5.92 Å². The Bertz CT molecular complexity index is 174. The standard InChI is InChI=1S/C10H20NS/c1-10(8-12-10)9-4-6-11(2,3)7-5-9/h9H,4-8H2,1-3H3/q+1. The first kappa shape index (κ1) is 8.89. The van der Waals surface area contributed by atoms with Crippen molar-refractivity contribution in [3.05, 3.63) is 0 Å². The molecule has 2 heterocycles. The van der Waals surface area contributed by atoms with Gasteiger partial charge in [-0.25, -0.2) is 0 Å². The van der Waals surface area contributed by atoms with E-state index in [1.54, 1.807) is 0 Å². The minimum Gasteiger partial charge on any atom is -0.328 e. The summed E-state index contributed by atoms with van der Waals surface area (Å²) < 4.78 is 1.94. The van der Waals surface area contributed by atoms with E-state index >= 15 is 0 Å². The van der Waals surface area contributed by atoms with Crippen LogP contribution in [0.4, 0.5) is 0 Å². The Morgan fingerprint density at radius 1 is 1.25 bits per heavy atom. The number of hydrogen-bond donors (Lipinski definition) is 0. The molecule has 2 fully saturated rings. The summed E-state index contributed by atoms with van der Waals surface area (Å²) in [5, 5.41) is 0. The average molecular weight is 186 g/mol. The summed E-state index contributed by atoms with van der Waals surface area (Å²) in [6, 6.07) is 0. The van der Waals surface area contributed by atoms with Crippen molar-refractivity contribution in [2.45, 2.75) is 24.5 Å². The Morgan fingerprint density at radius 3 is 2.17 bits per heavy atom. The maximum atomic E-state index is 2.45. The van der Waals surface area contributed by atoms with E-state index in [-0.39, 0.29) is 0 Å². The van der Waals surface area contributed by atoms with E-state index in [1.807, 2.05) is 0 Å². The fourth-order valence-corrected chi connectivity index (χ4v) is 3.16. The van der Waals surface area contributed by atoms with Gasteiger partial charge in [-0.15, -0.1) is 0 Å². The molecule has 2 heteroatoms. The molecule has 0 radical (unpaired) electrons. The zero-order valence-corrected chi connectivity index (χ0v) is 9.28. The molecule has 0 amide bonds. The monoisotopic (exact) mass is 186 g/mol. The van der Waals surface area contributed by atoms with Crippen molar-refractivity contribution in [3.8, 4) is 0 Å². The van der Waals surface area contributed by atoms with Crippen LogP contribution < -0.4 is 0 Å². The molecule has 0 N–H and O–H groups in total. The summed E-state index contributed by atoms with van der Waals surface area (Å²) in [6.45, 7) is 5.23. The molecule has 0 aromatic carbocycles. The number of likely N-dealkylation sites (tertiary alicyclic amines) is 1. The highest BCUT2D eigenvalue weighted by atomic mass is 32.2. The number of quaternary nitrogens is 1. The van der Waals surface area contributed by atoms with Gasteiger partial charge in [-0.2, -0.15) is 11.8 Å². The molecule has 2 saturated heterocycles. The summed E-state index contributed by atoms with van der Waals surface area (Å²) in [7, 11) is 4.72. The molecule has 0 saturated carbocycles. The molecular weight excluding hydrogens is 166 g/mol. The van der Waals surface area contributed by atoms with Gasteiger partial charge in [-0.05, 0) is 12.8 Å². The number of nitrogens with zero attached hydrogens (tertiary/aromatic N) is 1. The maximum Gasteiger partial charge on any atom is 0.0785 e. The van der Waals surface area contributed by atoms with Crippen molar-refractivity contribution in [2.75, 3.05) is 32.9 Å². The molecule has 0 bridgehead atoms. The fourth-order valence-electron chi connectivity index (χ4n) is 2.23. The topological polar surface area (TPSA) is 0 Å². The van der Waals surface area contributed by atoms with Gasteiger partial charge in [0.25, 0.3) is 0 Å². The molecule has 2 aliphatic heterocycles. The van der Waals surface area contributed by atoms with Crippen LogP contribution in [-0.2, 0) is 0 Å². The number of rotatable bonds is 1. The SMILES string of the molecule is CC1(C2CC[N+](C)(C)CC2)CS1. The lowest BCUT2D eigenvalue weighted by Gasteiger charge is -2.38. The second-order valence-corrected chi connectivity index (χ2v) is 6.77. The van der Waals surface area contributed by atoms with Gasteiger partial charge < -0.3 is 4.48 Å². The van der Waals surface area contributed by atoms with Crippen LogP contribution >= 0.6 is 11.8 Å². The third-order valence-corrected chi connectivity index (χ3v) is 5.16. The van der Waals surface area contributed by atoms with Gasteiger partial charge >= 0.3 is 0 Å². The third-order valence-electron chi connectivity index (χ3n) is 3.63. The van der Waals surface area contributed by atoms with Crippen LogP contribution in [0.2, 0.25) is 0 Å². The van der Waals surface area contributed by atoms with E-state index in [0.29, 0.717) is 4.75 Å². The largest absolute Gasteiger partial charge is 0.328 e. The predicted molar refractivity (Wildman–Crippen MR) is 55.4 cm³/mol. The molecular formula is C10H20NS+. The third kappa shape index (κ3) is 1.64. The van der Waals surface area contributed by atoms with E-state index in [1.165, 1.54) is 36.2 Å². The van der Waals surface area contributed by atoms with Crippen LogP contribution in [0.3, 0.4) is 0 Å². The average Bonchev–Trinajstić information content (AvgIpc) is 2.68. The molecule has 2 aliphatic rings. The molecule has 0 aromatic heterocycles. The molecule has 12 heavy (non-hydrogen) atoms. The number of piperidine rings is 1. The summed E-state index contributed by atoms with van der Waals surface area (Å²) >= 11 is 2.17. The Kier molecular flexibility index (Phi) is 1.96. The highest BCUT2D eigenvalue weighted by molar-refractivity contribution is 8.07. The van der Waals surface area contributed by atoms with Crippen LogP contribution in [0, 0.1) is 5.92 Å². The minimum atomic E-state index is 0.695. The van der Waals surface area contributed by atoms with E-state index in [4.69, 9.17) is 0 Å². The van der Waals surface area contributed by atoms with Crippen molar-refractivity contribution >= 4 is 11.8 Å². The Hall–Kier alpha value is 0.310. The predicted octanol–water partition coefficient (Wildman–Crippen LogP) is 1.98. The molecule has 0 spiro atoms. The molecule has 1 unspecified atom stereocenters. The first-order valence-electron chi connectivity index (χ1n) is 4.98. The lowest BCUT2D eigenvalue weighted by molar-refractivity contribution is -0.896. The molecule has 0 aromatic rings. The van der Waals surface area contributed by atoms with Gasteiger partial charge in [0, 0.05) is 23.3 Å². The van der Waals surface area contributed by atoms with Crippen LogP contribution in [0.1, 0.15) is 19.8 Å². The van der Waals surface area contributed by atoms with Gasteiger partial charge in [0.2, 0.25) is 0 Å². The zero-order chi connectivity index (χ0) is 8.82. The first-order valence-corrected chi connectivity index (χ1v) is 5.96. The summed E-state index contributed by atoms with van der Waals surface area (Å²) in [5.41, 5.74) is 0. The molecule has 1 nitrogen and oxygen atoms in total. The summed E-state index contributed by atoms with van der Waals surface area (Å²) in [6.07, 6.45) is 2.91. The van der Waals surface area contributed by atoms with Crippen LogP contribution in [0.5, 0.6) is 0 Å². The smallest absolute Gasteiger partial charge is 0.0785 e. The summed E-state index contributed by atoms with van der Waals surface area (Å²) in [4.78, 5) is 0. The number of thioether (sulfide) groups is 1. The van der Waals surface area contributed by atoms with Gasteiger partial charge in [0.1, 0.15) is 0 Å². The van der Waals surface area contributed by atoms with E-state index < -0.39 is 0 Å². The highest BCUT2D eigenvalue weighted by Gasteiger charge is 2.48. The first-order chi connectivity index (χ1) is 5.52. The molecule has 70 valence electrons. The second-order valence-electron chi connectivity index (χ2n) is 5.26. The maximum absolute atomic E-state index is 2.45. The molecule has 0 aliphatic carbocycles. The van der Waals surface area contributed by atoms with Crippen LogP contribution in [-0.4, -0.2) is 42.2 Å². The van der Waals surface area contributed by atoms with Gasteiger partial charge in [-0.3, -0.25) is 0 Å². The second kappa shape index (κ2) is 2.65. The Labute approximate surface area is 80.1 Å². The molecule has 2 rings (SSSR count).